The van der Waals surface area contributed by atoms with Crippen LogP contribution in [0.15, 0.2) is 30.3 Å². The molecule has 0 unspecified atom stereocenters. The van der Waals surface area contributed by atoms with Crippen LogP contribution in [0.5, 0.6) is 0 Å². The van der Waals surface area contributed by atoms with Crippen molar-refractivity contribution in [2.24, 2.45) is 0 Å². The molecule has 0 nitrogen and oxygen atoms in total. The van der Waals surface area contributed by atoms with Gasteiger partial charge in [0.2, 0.25) is 0 Å². The first-order chi connectivity index (χ1) is 4.43. The van der Waals surface area contributed by atoms with Crippen molar-refractivity contribution in [2.75, 3.05) is 0 Å². The molecule has 2 heteroatoms. The minimum absolute atomic E-state index is 0. The fourth-order valence-electron chi connectivity index (χ4n) is 0.849. The standard InChI is InChI=1S/C8H9.BrH.Zn/c1-2-8-6-4-3-5-7-8;;/h3-7H,1-2H2;1H;. The number of hydrogen-bond donors (Lipinski definition) is 0. The number of hydrogen-bond acceptors (Lipinski definition) is 0. The number of aryl methyl sites for hydroxylation is 1. The van der Waals surface area contributed by atoms with E-state index in [1.54, 1.807) is 0 Å². The summed E-state index contributed by atoms with van der Waals surface area (Å²) in [5.74, 6) is 0. The summed E-state index contributed by atoms with van der Waals surface area (Å²) >= 11 is 1.41. The van der Waals surface area contributed by atoms with Gasteiger partial charge in [0.05, 0.1) is 0 Å². The van der Waals surface area contributed by atoms with Gasteiger partial charge >= 0.3 is 65.6 Å². The number of benzene rings is 1. The van der Waals surface area contributed by atoms with Crippen molar-refractivity contribution >= 4 is 17.0 Å². The van der Waals surface area contributed by atoms with Gasteiger partial charge in [0, 0.05) is 0 Å². The molecule has 0 radical (unpaired) electrons. The summed E-state index contributed by atoms with van der Waals surface area (Å²) in [4.78, 5) is 0. The zero-order chi connectivity index (χ0) is 6.53. The predicted molar refractivity (Wildman–Crippen MR) is 45.3 cm³/mol. The summed E-state index contributed by atoms with van der Waals surface area (Å²) in [7, 11) is 0. The fraction of sp³-hybridized carbons (Fsp3) is 0.250. The second-order valence-electron chi connectivity index (χ2n) is 2.09. The maximum absolute atomic E-state index is 2.19. The third-order valence-corrected chi connectivity index (χ3v) is 2.05. The first-order valence-electron chi connectivity index (χ1n) is 3.26. The SMILES string of the molecule is Br.[Zn][CH2]Cc1ccccc1. The molecule has 0 aliphatic carbocycles. The molecule has 0 atom stereocenters. The van der Waals surface area contributed by atoms with E-state index in [9.17, 15) is 0 Å². The summed E-state index contributed by atoms with van der Waals surface area (Å²) < 4.78 is 0. The van der Waals surface area contributed by atoms with Crippen LogP contribution in [0.1, 0.15) is 5.56 Å². The van der Waals surface area contributed by atoms with Gasteiger partial charge in [-0.2, -0.15) is 0 Å². The monoisotopic (exact) mass is 249 g/mol. The van der Waals surface area contributed by atoms with E-state index in [1.165, 1.54) is 35.3 Å². The molecule has 1 aromatic rings. The Balaban J connectivity index is 0.000000810. The Morgan fingerprint density at radius 2 is 1.70 bits per heavy atom. The summed E-state index contributed by atoms with van der Waals surface area (Å²) in [6.07, 6.45) is 1.26. The molecule has 10 heavy (non-hydrogen) atoms. The van der Waals surface area contributed by atoms with E-state index >= 15 is 0 Å². The van der Waals surface area contributed by atoms with Crippen molar-refractivity contribution in [2.45, 2.75) is 11.4 Å². The van der Waals surface area contributed by atoms with Crippen LogP contribution in [0.25, 0.3) is 0 Å². The third-order valence-electron chi connectivity index (χ3n) is 1.31. The minimum atomic E-state index is 0. The first kappa shape index (κ1) is 10.3. The van der Waals surface area contributed by atoms with E-state index in [-0.39, 0.29) is 17.0 Å². The van der Waals surface area contributed by atoms with Gasteiger partial charge < -0.3 is 0 Å². The Morgan fingerprint density at radius 1 is 1.10 bits per heavy atom. The van der Waals surface area contributed by atoms with Crippen molar-refractivity contribution in [3.8, 4) is 0 Å². The first-order valence-corrected chi connectivity index (χ1v) is 5.36. The normalized spacial score (nSPS) is 8.60. The Hall–Kier alpha value is 0.323. The Morgan fingerprint density at radius 3 is 2.20 bits per heavy atom. The third kappa shape index (κ3) is 3.48. The van der Waals surface area contributed by atoms with Crippen LogP contribution in [0.4, 0.5) is 0 Å². The van der Waals surface area contributed by atoms with Gasteiger partial charge in [0.1, 0.15) is 0 Å². The van der Waals surface area contributed by atoms with Crippen molar-refractivity contribution in [3.05, 3.63) is 35.9 Å². The Kier molecular flexibility index (Phi) is 6.26. The molecular weight excluding hydrogens is 241 g/mol. The molecule has 1 rings (SSSR count). The van der Waals surface area contributed by atoms with Crippen LogP contribution in [0.2, 0.25) is 5.02 Å². The van der Waals surface area contributed by atoms with Crippen molar-refractivity contribution in [3.63, 3.8) is 0 Å². The van der Waals surface area contributed by atoms with Crippen LogP contribution < -0.4 is 0 Å². The number of halogens is 1. The quantitative estimate of drug-likeness (QED) is 0.709. The molecule has 0 spiro atoms. The van der Waals surface area contributed by atoms with Crippen molar-refractivity contribution in [1.29, 1.82) is 0 Å². The summed E-state index contributed by atoms with van der Waals surface area (Å²) in [5.41, 5.74) is 1.48. The van der Waals surface area contributed by atoms with Gasteiger partial charge in [-0.3, -0.25) is 0 Å². The van der Waals surface area contributed by atoms with Crippen molar-refractivity contribution < 1.29 is 18.3 Å². The second kappa shape index (κ2) is 6.06. The van der Waals surface area contributed by atoms with E-state index in [4.69, 9.17) is 0 Å². The molecular formula is C8H10BrZn. The van der Waals surface area contributed by atoms with Gasteiger partial charge in [0.15, 0.2) is 0 Å². The van der Waals surface area contributed by atoms with Gasteiger partial charge in [-0.15, -0.1) is 17.0 Å². The molecule has 0 fully saturated rings. The summed E-state index contributed by atoms with van der Waals surface area (Å²) in [5, 5.41) is 1.37. The van der Waals surface area contributed by atoms with Gasteiger partial charge in [-0.25, -0.2) is 0 Å². The van der Waals surface area contributed by atoms with E-state index < -0.39 is 0 Å². The van der Waals surface area contributed by atoms with Gasteiger partial charge in [-0.05, 0) is 0 Å². The predicted octanol–water partition coefficient (Wildman–Crippen LogP) is 2.77. The average molecular weight is 251 g/mol. The average Bonchev–Trinajstić information content (AvgIpc) is 1.91. The number of rotatable bonds is 2. The van der Waals surface area contributed by atoms with Crippen LogP contribution in [0, 0.1) is 0 Å². The molecule has 0 heterocycles. The van der Waals surface area contributed by atoms with Crippen LogP contribution >= 0.6 is 17.0 Å². The molecule has 0 aromatic heterocycles. The zero-order valence-corrected chi connectivity index (χ0v) is 10.6. The maximum atomic E-state index is 2.19. The molecule has 0 saturated heterocycles. The zero-order valence-electron chi connectivity index (χ0n) is 5.92. The molecule has 51 valence electrons. The summed E-state index contributed by atoms with van der Waals surface area (Å²) in [6, 6.07) is 10.6. The van der Waals surface area contributed by atoms with Crippen molar-refractivity contribution in [1.82, 2.24) is 0 Å². The molecule has 0 aliphatic rings. The van der Waals surface area contributed by atoms with E-state index in [2.05, 4.69) is 30.3 Å². The van der Waals surface area contributed by atoms with Gasteiger partial charge in [0.25, 0.3) is 0 Å². The molecule has 0 aliphatic heterocycles. The fourth-order valence-corrected chi connectivity index (χ4v) is 1.71. The van der Waals surface area contributed by atoms with Crippen LogP contribution in [-0.2, 0) is 24.7 Å². The Labute approximate surface area is 82.5 Å². The van der Waals surface area contributed by atoms with Crippen LogP contribution in [-0.4, -0.2) is 0 Å². The van der Waals surface area contributed by atoms with Crippen LogP contribution in [0.3, 0.4) is 0 Å². The molecule has 0 N–H and O–H groups in total. The van der Waals surface area contributed by atoms with E-state index in [1.807, 2.05) is 0 Å². The topological polar surface area (TPSA) is 0 Å². The van der Waals surface area contributed by atoms with E-state index in [0.717, 1.165) is 0 Å². The molecule has 0 amide bonds. The molecule has 0 bridgehead atoms. The Bertz CT molecular complexity index is 162. The second-order valence-corrected chi connectivity index (χ2v) is 3.57. The van der Waals surface area contributed by atoms with E-state index in [0.29, 0.717) is 0 Å². The summed E-state index contributed by atoms with van der Waals surface area (Å²) in [6.45, 7) is 0. The van der Waals surface area contributed by atoms with Gasteiger partial charge in [-0.1, -0.05) is 0 Å². The molecule has 1 aromatic carbocycles. The molecule has 0 saturated carbocycles.